The molecule has 4 heteroatoms. The van der Waals surface area contributed by atoms with Gasteiger partial charge in [-0.2, -0.15) is 0 Å². The molecule has 1 heterocycles. The summed E-state index contributed by atoms with van der Waals surface area (Å²) in [6, 6.07) is 8.93. The van der Waals surface area contributed by atoms with E-state index in [0.29, 0.717) is 6.04 Å². The van der Waals surface area contributed by atoms with Crippen LogP contribution in [-0.4, -0.2) is 44.8 Å². The van der Waals surface area contributed by atoms with Gasteiger partial charge in [-0.25, -0.2) is 0 Å². The predicted molar refractivity (Wildman–Crippen MR) is 73.2 cm³/mol. The van der Waals surface area contributed by atoms with Gasteiger partial charge < -0.3 is 10.1 Å². The van der Waals surface area contributed by atoms with Crippen LogP contribution >= 0.6 is 15.9 Å². The van der Waals surface area contributed by atoms with Crippen molar-refractivity contribution >= 4 is 15.9 Å². The third-order valence-electron chi connectivity index (χ3n) is 3.17. The summed E-state index contributed by atoms with van der Waals surface area (Å²) in [6.45, 7) is 4.83. The molecule has 0 amide bonds. The molecule has 1 aromatic carbocycles. The van der Waals surface area contributed by atoms with Gasteiger partial charge in [-0.1, -0.05) is 28.1 Å². The quantitative estimate of drug-likeness (QED) is 0.921. The van der Waals surface area contributed by atoms with E-state index in [0.717, 1.165) is 37.3 Å². The topological polar surface area (TPSA) is 24.5 Å². The first kappa shape index (κ1) is 13.0. The zero-order valence-electron chi connectivity index (χ0n) is 10.2. The summed E-state index contributed by atoms with van der Waals surface area (Å²) in [4.78, 5) is 2.45. The van der Waals surface area contributed by atoms with Gasteiger partial charge in [-0.05, 0) is 24.7 Å². The highest BCUT2D eigenvalue weighted by Crippen LogP contribution is 2.18. The van der Waals surface area contributed by atoms with Crippen molar-refractivity contribution in [3.8, 4) is 0 Å². The highest BCUT2D eigenvalue weighted by Gasteiger charge is 2.16. The maximum Gasteiger partial charge on any atom is 0.0594 e. The van der Waals surface area contributed by atoms with E-state index < -0.39 is 0 Å². The molecule has 1 fully saturated rings. The lowest BCUT2D eigenvalue weighted by atomic mass is 10.1. The lowest BCUT2D eigenvalue weighted by molar-refractivity contribution is 0.0338. The van der Waals surface area contributed by atoms with Gasteiger partial charge in [0.05, 0.1) is 13.2 Å². The fraction of sp³-hybridized carbons (Fsp3) is 0.538. The molecule has 17 heavy (non-hydrogen) atoms. The number of nitrogens with zero attached hydrogens (tertiary/aromatic N) is 1. The minimum Gasteiger partial charge on any atom is -0.379 e. The van der Waals surface area contributed by atoms with Gasteiger partial charge in [0, 0.05) is 30.1 Å². The largest absolute Gasteiger partial charge is 0.379 e. The summed E-state index contributed by atoms with van der Waals surface area (Å²) in [7, 11) is 2.02. The fourth-order valence-corrected chi connectivity index (χ4v) is 2.36. The Bertz CT molecular complexity index is 336. The van der Waals surface area contributed by atoms with Crippen molar-refractivity contribution in [2.45, 2.75) is 6.04 Å². The minimum atomic E-state index is 0.390. The summed E-state index contributed by atoms with van der Waals surface area (Å²) in [5.41, 5.74) is 1.34. The van der Waals surface area contributed by atoms with Crippen LogP contribution in [0.1, 0.15) is 11.6 Å². The number of nitrogens with one attached hydrogen (secondary N) is 1. The van der Waals surface area contributed by atoms with Crippen molar-refractivity contribution in [1.82, 2.24) is 10.2 Å². The molecule has 0 spiro atoms. The van der Waals surface area contributed by atoms with Crippen LogP contribution in [0.5, 0.6) is 0 Å². The molecule has 3 nitrogen and oxygen atoms in total. The van der Waals surface area contributed by atoms with E-state index in [1.807, 2.05) is 7.05 Å². The Kier molecular flexibility index (Phi) is 4.98. The second kappa shape index (κ2) is 6.50. The molecule has 0 radical (unpaired) electrons. The number of hydrogen-bond donors (Lipinski definition) is 1. The van der Waals surface area contributed by atoms with Crippen molar-refractivity contribution in [2.24, 2.45) is 0 Å². The predicted octanol–water partition coefficient (Wildman–Crippen LogP) is 2.04. The van der Waals surface area contributed by atoms with E-state index in [-0.39, 0.29) is 0 Å². The number of morpholine rings is 1. The van der Waals surface area contributed by atoms with Crippen molar-refractivity contribution in [2.75, 3.05) is 39.9 Å². The Morgan fingerprint density at radius 1 is 1.29 bits per heavy atom. The van der Waals surface area contributed by atoms with Crippen molar-refractivity contribution < 1.29 is 4.74 Å². The van der Waals surface area contributed by atoms with Crippen LogP contribution < -0.4 is 5.32 Å². The third-order valence-corrected chi connectivity index (χ3v) is 3.69. The Labute approximate surface area is 111 Å². The number of rotatable bonds is 4. The van der Waals surface area contributed by atoms with Crippen LogP contribution in [0.4, 0.5) is 0 Å². The van der Waals surface area contributed by atoms with Crippen LogP contribution in [0.3, 0.4) is 0 Å². The maximum absolute atomic E-state index is 5.37. The number of halogens is 1. The van der Waals surface area contributed by atoms with Gasteiger partial charge in [0.1, 0.15) is 0 Å². The third kappa shape index (κ3) is 3.78. The Morgan fingerprint density at radius 3 is 2.53 bits per heavy atom. The monoisotopic (exact) mass is 298 g/mol. The lowest BCUT2D eigenvalue weighted by Crippen LogP contribution is -2.41. The molecule has 1 N–H and O–H groups in total. The van der Waals surface area contributed by atoms with Crippen molar-refractivity contribution in [3.63, 3.8) is 0 Å². The average Bonchev–Trinajstić information content (AvgIpc) is 2.38. The van der Waals surface area contributed by atoms with Gasteiger partial charge in [0.15, 0.2) is 0 Å². The Balaban J connectivity index is 1.97. The highest BCUT2D eigenvalue weighted by molar-refractivity contribution is 9.10. The first-order valence-corrected chi connectivity index (χ1v) is 6.81. The molecule has 2 rings (SSSR count). The van der Waals surface area contributed by atoms with E-state index in [2.05, 4.69) is 50.4 Å². The minimum absolute atomic E-state index is 0.390. The number of hydrogen-bond acceptors (Lipinski definition) is 3. The van der Waals surface area contributed by atoms with Gasteiger partial charge >= 0.3 is 0 Å². The zero-order chi connectivity index (χ0) is 12.1. The Morgan fingerprint density at radius 2 is 1.94 bits per heavy atom. The molecular formula is C13H19BrN2O. The standard InChI is InChI=1S/C13H19BrN2O/c1-15-13(10-16-6-8-17-9-7-16)11-2-4-12(14)5-3-11/h2-5,13,15H,6-10H2,1H3/t13-/m1/s1. The summed E-state index contributed by atoms with van der Waals surface area (Å²) in [5.74, 6) is 0. The van der Waals surface area contributed by atoms with Gasteiger partial charge in [0.2, 0.25) is 0 Å². The van der Waals surface area contributed by atoms with Gasteiger partial charge in [-0.15, -0.1) is 0 Å². The molecule has 1 aliphatic rings. The molecule has 1 saturated heterocycles. The van der Waals surface area contributed by atoms with E-state index >= 15 is 0 Å². The van der Waals surface area contributed by atoms with E-state index in [9.17, 15) is 0 Å². The number of likely N-dealkylation sites (N-methyl/N-ethyl adjacent to an activating group) is 1. The van der Waals surface area contributed by atoms with Crippen molar-refractivity contribution in [1.29, 1.82) is 0 Å². The maximum atomic E-state index is 5.37. The molecule has 1 atom stereocenters. The average molecular weight is 299 g/mol. The second-order valence-corrected chi connectivity index (χ2v) is 5.22. The SMILES string of the molecule is CN[C@H](CN1CCOCC1)c1ccc(Br)cc1. The second-order valence-electron chi connectivity index (χ2n) is 4.31. The van der Waals surface area contributed by atoms with Gasteiger partial charge in [0.25, 0.3) is 0 Å². The van der Waals surface area contributed by atoms with Crippen molar-refractivity contribution in [3.05, 3.63) is 34.3 Å². The first-order valence-electron chi connectivity index (χ1n) is 6.02. The summed E-state index contributed by atoms with van der Waals surface area (Å²) in [6.07, 6.45) is 0. The molecule has 0 saturated carbocycles. The normalized spacial score (nSPS) is 19.2. The molecule has 0 aromatic heterocycles. The van der Waals surface area contributed by atoms with E-state index in [4.69, 9.17) is 4.74 Å². The Hall–Kier alpha value is -0.420. The molecule has 0 aliphatic carbocycles. The molecule has 1 aromatic rings. The number of ether oxygens (including phenoxy) is 1. The van der Waals surface area contributed by atoms with Gasteiger partial charge in [-0.3, -0.25) is 4.90 Å². The van der Waals surface area contributed by atoms with Crippen LogP contribution in [0.15, 0.2) is 28.7 Å². The summed E-state index contributed by atoms with van der Waals surface area (Å²) >= 11 is 3.47. The lowest BCUT2D eigenvalue weighted by Gasteiger charge is -2.30. The fourth-order valence-electron chi connectivity index (χ4n) is 2.10. The zero-order valence-corrected chi connectivity index (χ0v) is 11.7. The summed E-state index contributed by atoms with van der Waals surface area (Å²) in [5, 5.41) is 3.39. The number of benzene rings is 1. The summed E-state index contributed by atoms with van der Waals surface area (Å²) < 4.78 is 6.50. The smallest absolute Gasteiger partial charge is 0.0594 e. The highest BCUT2D eigenvalue weighted by atomic mass is 79.9. The van der Waals surface area contributed by atoms with E-state index in [1.54, 1.807) is 0 Å². The molecule has 1 aliphatic heterocycles. The van der Waals surface area contributed by atoms with Crippen LogP contribution in [0.25, 0.3) is 0 Å². The van der Waals surface area contributed by atoms with Crippen LogP contribution in [0.2, 0.25) is 0 Å². The first-order chi connectivity index (χ1) is 8.29. The van der Waals surface area contributed by atoms with E-state index in [1.165, 1.54) is 5.56 Å². The van der Waals surface area contributed by atoms with Crippen LogP contribution in [-0.2, 0) is 4.74 Å². The molecule has 94 valence electrons. The molecule has 0 unspecified atom stereocenters. The molecule has 0 bridgehead atoms. The van der Waals surface area contributed by atoms with Crippen LogP contribution in [0, 0.1) is 0 Å². The molecular weight excluding hydrogens is 280 g/mol.